The van der Waals surface area contributed by atoms with Crippen LogP contribution in [0.2, 0.25) is 0 Å². The summed E-state index contributed by atoms with van der Waals surface area (Å²) in [6, 6.07) is 0. The standard InChI is InChI=1S/C11H21NO2S/c1-11(6-2-3-7-12-11)10-4-8-15(13,14)9-5-10/h10,12H,2-9H2,1H3. The summed E-state index contributed by atoms with van der Waals surface area (Å²) in [5.41, 5.74) is 0.203. The Bertz CT molecular complexity index is 303. The highest BCUT2D eigenvalue weighted by atomic mass is 32.2. The lowest BCUT2D eigenvalue weighted by atomic mass is 9.76. The van der Waals surface area contributed by atoms with E-state index in [-0.39, 0.29) is 5.54 Å². The van der Waals surface area contributed by atoms with Crippen LogP contribution in [0.4, 0.5) is 0 Å². The lowest BCUT2D eigenvalue weighted by Gasteiger charge is -2.43. The van der Waals surface area contributed by atoms with E-state index in [9.17, 15) is 8.42 Å². The summed E-state index contributed by atoms with van der Waals surface area (Å²) in [4.78, 5) is 0. The molecule has 0 aromatic heterocycles. The van der Waals surface area contributed by atoms with Crippen molar-refractivity contribution in [2.75, 3.05) is 18.1 Å². The molecule has 2 fully saturated rings. The van der Waals surface area contributed by atoms with Gasteiger partial charge in [0.05, 0.1) is 11.5 Å². The predicted octanol–water partition coefficient (Wildman–Crippen LogP) is 1.34. The number of hydrogen-bond acceptors (Lipinski definition) is 3. The minimum atomic E-state index is -2.71. The molecule has 3 nitrogen and oxygen atoms in total. The molecule has 0 radical (unpaired) electrons. The summed E-state index contributed by atoms with van der Waals surface area (Å²) in [6.45, 7) is 3.37. The number of piperidine rings is 1. The predicted molar refractivity (Wildman–Crippen MR) is 61.6 cm³/mol. The third kappa shape index (κ3) is 2.53. The minimum Gasteiger partial charge on any atom is -0.311 e. The topological polar surface area (TPSA) is 46.2 Å². The Balaban J connectivity index is 2.00. The molecule has 2 rings (SSSR count). The molecular formula is C11H21NO2S. The van der Waals surface area contributed by atoms with Gasteiger partial charge in [-0.2, -0.15) is 0 Å². The maximum absolute atomic E-state index is 11.4. The van der Waals surface area contributed by atoms with Crippen LogP contribution in [0.5, 0.6) is 0 Å². The summed E-state index contributed by atoms with van der Waals surface area (Å²) >= 11 is 0. The Morgan fingerprint density at radius 3 is 2.40 bits per heavy atom. The minimum absolute atomic E-state index is 0.203. The van der Waals surface area contributed by atoms with Crippen molar-refractivity contribution in [2.24, 2.45) is 5.92 Å². The van der Waals surface area contributed by atoms with Gasteiger partial charge in [-0.15, -0.1) is 0 Å². The largest absolute Gasteiger partial charge is 0.311 e. The van der Waals surface area contributed by atoms with Crippen LogP contribution in [0, 0.1) is 5.92 Å². The quantitative estimate of drug-likeness (QED) is 0.741. The number of rotatable bonds is 1. The van der Waals surface area contributed by atoms with E-state index in [0.717, 1.165) is 19.4 Å². The first-order chi connectivity index (χ1) is 7.02. The van der Waals surface area contributed by atoms with E-state index < -0.39 is 9.84 Å². The molecule has 0 aliphatic carbocycles. The van der Waals surface area contributed by atoms with E-state index in [1.165, 1.54) is 19.3 Å². The molecule has 0 amide bonds. The third-order valence-corrected chi connectivity index (χ3v) is 5.82. The Morgan fingerprint density at radius 2 is 1.87 bits per heavy atom. The van der Waals surface area contributed by atoms with Crippen molar-refractivity contribution < 1.29 is 8.42 Å². The van der Waals surface area contributed by atoms with E-state index in [1.807, 2.05) is 0 Å². The van der Waals surface area contributed by atoms with Crippen LogP contribution in [0.1, 0.15) is 39.0 Å². The molecule has 88 valence electrons. The highest BCUT2D eigenvalue weighted by Gasteiger charge is 2.38. The second kappa shape index (κ2) is 4.06. The monoisotopic (exact) mass is 231 g/mol. The zero-order valence-electron chi connectivity index (χ0n) is 9.46. The van der Waals surface area contributed by atoms with Crippen molar-refractivity contribution in [3.05, 3.63) is 0 Å². The fourth-order valence-electron chi connectivity index (χ4n) is 2.96. The zero-order chi connectivity index (χ0) is 10.9. The molecule has 1 atom stereocenters. The molecule has 0 saturated carbocycles. The molecular weight excluding hydrogens is 210 g/mol. The molecule has 0 bridgehead atoms. The fourth-order valence-corrected chi connectivity index (χ4v) is 4.45. The first-order valence-corrected chi connectivity index (χ1v) is 7.79. The Kier molecular flexibility index (Phi) is 3.08. The van der Waals surface area contributed by atoms with Crippen LogP contribution in [0.15, 0.2) is 0 Å². The van der Waals surface area contributed by atoms with Gasteiger partial charge in [-0.1, -0.05) is 6.42 Å². The maximum Gasteiger partial charge on any atom is 0.150 e. The van der Waals surface area contributed by atoms with E-state index in [2.05, 4.69) is 12.2 Å². The van der Waals surface area contributed by atoms with Crippen molar-refractivity contribution in [1.29, 1.82) is 0 Å². The van der Waals surface area contributed by atoms with Gasteiger partial charge in [-0.3, -0.25) is 0 Å². The van der Waals surface area contributed by atoms with Gasteiger partial charge in [0.1, 0.15) is 9.84 Å². The fraction of sp³-hybridized carbons (Fsp3) is 1.00. The molecule has 4 heteroatoms. The van der Waals surface area contributed by atoms with Gasteiger partial charge in [0.15, 0.2) is 0 Å². The molecule has 0 spiro atoms. The van der Waals surface area contributed by atoms with Gasteiger partial charge in [0.2, 0.25) is 0 Å². The Labute approximate surface area is 92.6 Å². The Hall–Kier alpha value is -0.0900. The molecule has 1 unspecified atom stereocenters. The van der Waals surface area contributed by atoms with Gasteiger partial charge in [0, 0.05) is 5.54 Å². The first-order valence-electron chi connectivity index (χ1n) is 5.97. The van der Waals surface area contributed by atoms with E-state index in [1.54, 1.807) is 0 Å². The van der Waals surface area contributed by atoms with E-state index in [4.69, 9.17) is 0 Å². The molecule has 15 heavy (non-hydrogen) atoms. The SMILES string of the molecule is CC1(C2CCS(=O)(=O)CC2)CCCCN1. The number of sulfone groups is 1. The number of nitrogens with one attached hydrogen (secondary N) is 1. The third-order valence-electron chi connectivity index (χ3n) is 4.11. The summed E-state index contributed by atoms with van der Waals surface area (Å²) in [5.74, 6) is 1.35. The van der Waals surface area contributed by atoms with Crippen LogP contribution in [-0.4, -0.2) is 32.0 Å². The van der Waals surface area contributed by atoms with Gasteiger partial charge in [-0.25, -0.2) is 8.42 Å². The van der Waals surface area contributed by atoms with Crippen LogP contribution in [0.3, 0.4) is 0 Å². The summed E-state index contributed by atoms with van der Waals surface area (Å²) in [5, 5.41) is 3.60. The lowest BCUT2D eigenvalue weighted by molar-refractivity contribution is 0.170. The van der Waals surface area contributed by atoms with E-state index >= 15 is 0 Å². The van der Waals surface area contributed by atoms with Crippen molar-refractivity contribution in [2.45, 2.75) is 44.6 Å². The second-order valence-electron chi connectivity index (χ2n) is 5.23. The van der Waals surface area contributed by atoms with Gasteiger partial charge < -0.3 is 5.32 Å². The van der Waals surface area contributed by atoms with Gasteiger partial charge >= 0.3 is 0 Å². The molecule has 2 aliphatic heterocycles. The second-order valence-corrected chi connectivity index (χ2v) is 7.53. The van der Waals surface area contributed by atoms with Crippen molar-refractivity contribution in [3.63, 3.8) is 0 Å². The molecule has 0 aromatic rings. The summed E-state index contributed by atoms with van der Waals surface area (Å²) in [7, 11) is -2.71. The molecule has 1 N–H and O–H groups in total. The summed E-state index contributed by atoms with van der Waals surface area (Å²) in [6.07, 6.45) is 5.46. The van der Waals surface area contributed by atoms with Crippen LogP contribution < -0.4 is 5.32 Å². The molecule has 2 heterocycles. The molecule has 0 aromatic carbocycles. The normalized spacial score (nSPS) is 37.7. The van der Waals surface area contributed by atoms with Crippen LogP contribution in [-0.2, 0) is 9.84 Å². The highest BCUT2D eigenvalue weighted by molar-refractivity contribution is 7.91. The molecule has 2 saturated heterocycles. The van der Waals surface area contributed by atoms with Crippen LogP contribution in [0.25, 0.3) is 0 Å². The van der Waals surface area contributed by atoms with Gasteiger partial charge in [-0.05, 0) is 45.1 Å². The number of hydrogen-bond donors (Lipinski definition) is 1. The highest BCUT2D eigenvalue weighted by Crippen LogP contribution is 2.34. The van der Waals surface area contributed by atoms with E-state index in [0.29, 0.717) is 17.4 Å². The van der Waals surface area contributed by atoms with Crippen molar-refractivity contribution >= 4 is 9.84 Å². The Morgan fingerprint density at radius 1 is 1.20 bits per heavy atom. The van der Waals surface area contributed by atoms with Crippen molar-refractivity contribution in [3.8, 4) is 0 Å². The van der Waals surface area contributed by atoms with Gasteiger partial charge in [0.25, 0.3) is 0 Å². The van der Waals surface area contributed by atoms with Crippen LogP contribution >= 0.6 is 0 Å². The smallest absolute Gasteiger partial charge is 0.150 e. The average Bonchev–Trinajstić information content (AvgIpc) is 2.18. The summed E-state index contributed by atoms with van der Waals surface area (Å²) < 4.78 is 22.7. The lowest BCUT2D eigenvalue weighted by Crippen LogP contribution is -2.53. The zero-order valence-corrected chi connectivity index (χ0v) is 10.3. The van der Waals surface area contributed by atoms with Crippen molar-refractivity contribution in [1.82, 2.24) is 5.32 Å². The first kappa shape index (κ1) is 11.4. The molecule has 2 aliphatic rings. The average molecular weight is 231 g/mol. The maximum atomic E-state index is 11.4.